The smallest absolute Gasteiger partial charge is 0.321 e. The molecule has 34 heavy (non-hydrogen) atoms. The Morgan fingerprint density at radius 3 is 2.29 bits per heavy atom. The molecule has 0 aliphatic rings. The molecular weight excluding hydrogens is 460 g/mol. The number of nitrogens with one attached hydrogen (secondary N) is 2. The van der Waals surface area contributed by atoms with Crippen LogP contribution >= 0.6 is 0 Å². The summed E-state index contributed by atoms with van der Waals surface area (Å²) in [4.78, 5) is 36.9. The van der Waals surface area contributed by atoms with Gasteiger partial charge in [0.15, 0.2) is 6.61 Å². The third-order valence-corrected chi connectivity index (χ3v) is 5.88. The van der Waals surface area contributed by atoms with Crippen molar-refractivity contribution < 1.29 is 22.7 Å². The number of ether oxygens (including phenoxy) is 1. The van der Waals surface area contributed by atoms with Crippen LogP contribution in [0.5, 0.6) is 0 Å². The van der Waals surface area contributed by atoms with Crippen LogP contribution in [0.4, 0.5) is 5.69 Å². The summed E-state index contributed by atoms with van der Waals surface area (Å²) >= 11 is 0. The highest BCUT2D eigenvalue weighted by atomic mass is 32.2. The largest absolute Gasteiger partial charge is 0.455 e. The SMILES string of the molecule is Cc1c(NC(=O)COC(=O)CNS(=O)(=O)C=Cc2ccccc2)c(=O)n(-c2ccccc2)n1C. The van der Waals surface area contributed by atoms with E-state index in [2.05, 4.69) is 10.0 Å². The number of hydrogen-bond acceptors (Lipinski definition) is 6. The van der Waals surface area contributed by atoms with Gasteiger partial charge in [-0.05, 0) is 30.7 Å². The van der Waals surface area contributed by atoms with Gasteiger partial charge in [0.05, 0.1) is 11.4 Å². The van der Waals surface area contributed by atoms with Crippen molar-refractivity contribution in [1.82, 2.24) is 14.1 Å². The Morgan fingerprint density at radius 1 is 1.03 bits per heavy atom. The molecule has 0 saturated carbocycles. The second-order valence-corrected chi connectivity index (χ2v) is 8.88. The number of aromatic nitrogens is 2. The first-order valence-corrected chi connectivity index (χ1v) is 11.7. The quantitative estimate of drug-likeness (QED) is 0.444. The topological polar surface area (TPSA) is 128 Å². The Morgan fingerprint density at radius 2 is 1.65 bits per heavy atom. The van der Waals surface area contributed by atoms with E-state index in [-0.39, 0.29) is 5.69 Å². The normalized spacial score (nSPS) is 11.5. The first-order valence-electron chi connectivity index (χ1n) is 10.2. The molecule has 0 aliphatic heterocycles. The molecule has 3 aromatic rings. The van der Waals surface area contributed by atoms with E-state index in [1.165, 1.54) is 10.8 Å². The second-order valence-electron chi connectivity index (χ2n) is 7.22. The van der Waals surface area contributed by atoms with Crippen LogP contribution in [-0.4, -0.2) is 42.8 Å². The van der Waals surface area contributed by atoms with Crippen LogP contribution in [0, 0.1) is 6.92 Å². The lowest BCUT2D eigenvalue weighted by molar-refractivity contribution is -0.146. The number of benzene rings is 2. The number of carbonyl (C=O) groups is 2. The molecule has 0 bridgehead atoms. The zero-order valence-corrected chi connectivity index (χ0v) is 19.4. The predicted octanol–water partition coefficient (Wildman–Crippen LogP) is 1.56. The molecule has 11 heteroatoms. The molecule has 0 saturated heterocycles. The molecule has 0 atom stereocenters. The van der Waals surface area contributed by atoms with Crippen LogP contribution in [0.2, 0.25) is 0 Å². The number of amides is 1. The number of anilines is 1. The van der Waals surface area contributed by atoms with Gasteiger partial charge in [-0.1, -0.05) is 48.5 Å². The molecule has 0 unspecified atom stereocenters. The number of rotatable bonds is 9. The average molecular weight is 485 g/mol. The van der Waals surface area contributed by atoms with Crippen molar-refractivity contribution in [3.63, 3.8) is 0 Å². The number of esters is 1. The van der Waals surface area contributed by atoms with E-state index < -0.39 is 40.6 Å². The third kappa shape index (κ3) is 6.30. The number of nitrogens with zero attached hydrogens (tertiary/aromatic N) is 2. The molecule has 178 valence electrons. The van der Waals surface area contributed by atoms with E-state index in [0.717, 1.165) is 5.41 Å². The number of carbonyl (C=O) groups excluding carboxylic acids is 2. The van der Waals surface area contributed by atoms with E-state index in [0.29, 0.717) is 16.9 Å². The Balaban J connectivity index is 1.54. The highest BCUT2D eigenvalue weighted by molar-refractivity contribution is 7.92. The zero-order chi connectivity index (χ0) is 24.7. The van der Waals surface area contributed by atoms with Gasteiger partial charge >= 0.3 is 5.97 Å². The van der Waals surface area contributed by atoms with Gasteiger partial charge in [-0.25, -0.2) is 17.8 Å². The molecule has 1 amide bonds. The van der Waals surface area contributed by atoms with Crippen LogP contribution in [0.3, 0.4) is 0 Å². The van der Waals surface area contributed by atoms with E-state index in [1.807, 2.05) is 6.07 Å². The number of sulfonamides is 1. The van der Waals surface area contributed by atoms with Crippen molar-refractivity contribution in [2.45, 2.75) is 6.92 Å². The summed E-state index contributed by atoms with van der Waals surface area (Å²) < 4.78 is 33.9. The molecule has 0 fully saturated rings. The summed E-state index contributed by atoms with van der Waals surface area (Å²) in [6.45, 7) is 0.333. The predicted molar refractivity (Wildman–Crippen MR) is 128 cm³/mol. The van der Waals surface area contributed by atoms with Gasteiger partial charge in [-0.15, -0.1) is 0 Å². The van der Waals surface area contributed by atoms with Crippen LogP contribution < -0.4 is 15.6 Å². The fourth-order valence-corrected chi connectivity index (χ4v) is 3.78. The zero-order valence-electron chi connectivity index (χ0n) is 18.6. The molecule has 1 aromatic heterocycles. The van der Waals surface area contributed by atoms with Gasteiger partial charge in [0.25, 0.3) is 11.5 Å². The van der Waals surface area contributed by atoms with Crippen molar-refractivity contribution in [2.24, 2.45) is 7.05 Å². The van der Waals surface area contributed by atoms with Gasteiger partial charge in [0.1, 0.15) is 12.2 Å². The first-order chi connectivity index (χ1) is 16.2. The minimum atomic E-state index is -3.88. The molecule has 0 radical (unpaired) electrons. The maximum Gasteiger partial charge on any atom is 0.321 e. The van der Waals surface area contributed by atoms with Gasteiger partial charge < -0.3 is 10.1 Å². The summed E-state index contributed by atoms with van der Waals surface area (Å²) in [6, 6.07) is 17.7. The Labute approximate surface area is 196 Å². The lowest BCUT2D eigenvalue weighted by Crippen LogP contribution is -2.31. The highest BCUT2D eigenvalue weighted by Gasteiger charge is 2.19. The highest BCUT2D eigenvalue weighted by Crippen LogP contribution is 2.13. The van der Waals surface area contributed by atoms with E-state index in [4.69, 9.17) is 4.74 Å². The van der Waals surface area contributed by atoms with Gasteiger partial charge in [-0.2, -0.15) is 0 Å². The fraction of sp³-hybridized carbons (Fsp3) is 0.174. The summed E-state index contributed by atoms with van der Waals surface area (Å²) in [7, 11) is -2.20. The monoisotopic (exact) mass is 484 g/mol. The molecule has 1 heterocycles. The van der Waals surface area contributed by atoms with Crippen LogP contribution in [0.15, 0.2) is 70.9 Å². The summed E-state index contributed by atoms with van der Waals surface area (Å²) in [5.41, 5.74) is 1.42. The van der Waals surface area contributed by atoms with Crippen molar-refractivity contribution in [3.8, 4) is 5.69 Å². The lowest BCUT2D eigenvalue weighted by atomic mass is 10.2. The molecule has 2 N–H and O–H groups in total. The lowest BCUT2D eigenvalue weighted by Gasteiger charge is -2.07. The standard InChI is InChI=1S/C23H24N4O6S/c1-17-22(23(30)27(26(17)2)19-11-7-4-8-12-19)25-20(28)16-33-21(29)15-24-34(31,32)14-13-18-9-5-3-6-10-18/h3-14,24H,15-16H2,1-2H3,(H,25,28). The molecule has 10 nitrogen and oxygen atoms in total. The second kappa shape index (κ2) is 10.8. The maximum absolute atomic E-state index is 12.8. The van der Waals surface area contributed by atoms with Crippen molar-refractivity contribution in [1.29, 1.82) is 0 Å². The Kier molecular flexibility index (Phi) is 7.82. The van der Waals surface area contributed by atoms with E-state index >= 15 is 0 Å². The number of hydrogen-bond donors (Lipinski definition) is 2. The third-order valence-electron chi connectivity index (χ3n) is 4.84. The van der Waals surface area contributed by atoms with E-state index in [9.17, 15) is 22.8 Å². The summed E-state index contributed by atoms with van der Waals surface area (Å²) in [6.07, 6.45) is 1.38. The molecule has 3 rings (SSSR count). The molecule has 0 spiro atoms. The average Bonchev–Trinajstić information content (AvgIpc) is 3.04. The molecular formula is C23H24N4O6S. The van der Waals surface area contributed by atoms with Crippen molar-refractivity contribution in [2.75, 3.05) is 18.5 Å². The van der Waals surface area contributed by atoms with Gasteiger partial charge in [-0.3, -0.25) is 19.1 Å². The van der Waals surface area contributed by atoms with Crippen LogP contribution in [0.1, 0.15) is 11.3 Å². The maximum atomic E-state index is 12.8. The van der Waals surface area contributed by atoms with Crippen molar-refractivity contribution >= 4 is 33.7 Å². The molecule has 2 aromatic carbocycles. The van der Waals surface area contributed by atoms with Gasteiger partial charge in [0.2, 0.25) is 10.0 Å². The minimum Gasteiger partial charge on any atom is -0.455 e. The fourth-order valence-electron chi connectivity index (χ4n) is 3.02. The Hall–Kier alpha value is -3.96. The number of para-hydroxylation sites is 1. The summed E-state index contributed by atoms with van der Waals surface area (Å²) in [5.74, 6) is -1.68. The Bertz CT molecular complexity index is 1360. The molecule has 0 aliphatic carbocycles. The summed E-state index contributed by atoms with van der Waals surface area (Å²) in [5, 5.41) is 3.38. The van der Waals surface area contributed by atoms with Crippen LogP contribution in [0.25, 0.3) is 11.8 Å². The van der Waals surface area contributed by atoms with Crippen LogP contribution in [-0.2, 0) is 31.4 Å². The van der Waals surface area contributed by atoms with Crippen molar-refractivity contribution in [3.05, 3.63) is 87.7 Å². The first kappa shape index (κ1) is 24.7. The van der Waals surface area contributed by atoms with E-state index in [1.54, 1.807) is 73.3 Å². The minimum absolute atomic E-state index is 0.0548. The van der Waals surface area contributed by atoms with Gasteiger partial charge in [0, 0.05) is 12.5 Å².